The highest BCUT2D eigenvalue weighted by Crippen LogP contribution is 2.36. The molecule has 0 aliphatic carbocycles. The number of hydrogen-bond donors (Lipinski definition) is 1. The maximum atomic E-state index is 13.5. The molecule has 0 bridgehead atoms. The second-order valence-electron chi connectivity index (χ2n) is 5.00. The first-order valence-electron chi connectivity index (χ1n) is 6.73. The molecular formula is C16H14BrF2NS. The van der Waals surface area contributed by atoms with Crippen LogP contribution in [-0.2, 0) is 6.54 Å². The summed E-state index contributed by atoms with van der Waals surface area (Å²) in [5, 5.41) is 3.41. The van der Waals surface area contributed by atoms with E-state index in [1.165, 1.54) is 12.1 Å². The Kier molecular flexibility index (Phi) is 4.62. The van der Waals surface area contributed by atoms with Crippen molar-refractivity contribution in [3.63, 3.8) is 0 Å². The van der Waals surface area contributed by atoms with Crippen LogP contribution in [0.1, 0.15) is 23.6 Å². The van der Waals surface area contributed by atoms with Crippen LogP contribution in [0.5, 0.6) is 0 Å². The Bertz CT molecular complexity index is 663. The second-order valence-corrected chi connectivity index (χ2v) is 6.99. The van der Waals surface area contributed by atoms with Crippen LogP contribution in [0.3, 0.4) is 0 Å². The van der Waals surface area contributed by atoms with Gasteiger partial charge in [0.05, 0.1) is 4.47 Å². The van der Waals surface area contributed by atoms with Gasteiger partial charge >= 0.3 is 0 Å². The molecule has 0 saturated carbocycles. The molecule has 21 heavy (non-hydrogen) atoms. The molecule has 1 atom stereocenters. The first-order valence-corrected chi connectivity index (χ1v) is 8.51. The Hall–Kier alpha value is -0.910. The van der Waals surface area contributed by atoms with E-state index in [1.807, 2.05) is 12.1 Å². The topological polar surface area (TPSA) is 12.0 Å². The van der Waals surface area contributed by atoms with E-state index in [9.17, 15) is 8.78 Å². The van der Waals surface area contributed by atoms with Crippen LogP contribution in [-0.4, -0.2) is 5.75 Å². The molecule has 110 valence electrons. The molecule has 1 aliphatic rings. The third-order valence-corrected chi connectivity index (χ3v) is 5.31. The van der Waals surface area contributed by atoms with Gasteiger partial charge in [0.2, 0.25) is 0 Å². The molecule has 0 aromatic heterocycles. The zero-order valence-electron chi connectivity index (χ0n) is 11.2. The summed E-state index contributed by atoms with van der Waals surface area (Å²) < 4.78 is 27.4. The third-order valence-electron chi connectivity index (χ3n) is 3.55. The van der Waals surface area contributed by atoms with Crippen LogP contribution < -0.4 is 5.32 Å². The molecule has 1 unspecified atom stereocenters. The summed E-state index contributed by atoms with van der Waals surface area (Å²) in [6.45, 7) is 0.565. The third kappa shape index (κ3) is 3.47. The predicted molar refractivity (Wildman–Crippen MR) is 85.4 cm³/mol. The standard InChI is InChI=1S/C16H14BrF2NS/c17-13-3-1-10(7-14(13)19)9-20-15-5-6-21-16-4-2-11(18)8-12(15)16/h1-4,7-8,15,20H,5-6,9H2. The van der Waals surface area contributed by atoms with Crippen LogP contribution in [0, 0.1) is 11.6 Å². The molecule has 2 aromatic carbocycles. The van der Waals surface area contributed by atoms with Crippen molar-refractivity contribution in [2.45, 2.75) is 23.9 Å². The van der Waals surface area contributed by atoms with Gasteiger partial charge in [0.1, 0.15) is 11.6 Å². The molecule has 0 amide bonds. The number of fused-ring (bicyclic) bond motifs is 1. The largest absolute Gasteiger partial charge is 0.306 e. The fourth-order valence-electron chi connectivity index (χ4n) is 2.47. The number of rotatable bonds is 3. The zero-order valence-corrected chi connectivity index (χ0v) is 13.6. The quantitative estimate of drug-likeness (QED) is 0.811. The molecule has 1 aliphatic heterocycles. The van der Waals surface area contributed by atoms with Gasteiger partial charge in [0.15, 0.2) is 0 Å². The lowest BCUT2D eigenvalue weighted by atomic mass is 10.0. The van der Waals surface area contributed by atoms with E-state index in [1.54, 1.807) is 23.9 Å². The molecule has 0 spiro atoms. The fourth-order valence-corrected chi connectivity index (χ4v) is 3.82. The summed E-state index contributed by atoms with van der Waals surface area (Å²) in [4.78, 5) is 1.13. The van der Waals surface area contributed by atoms with Crippen molar-refractivity contribution >= 4 is 27.7 Å². The van der Waals surface area contributed by atoms with Gasteiger partial charge in [-0.15, -0.1) is 11.8 Å². The molecule has 5 heteroatoms. The Balaban J connectivity index is 1.74. The number of thioether (sulfide) groups is 1. The van der Waals surface area contributed by atoms with Crippen LogP contribution >= 0.6 is 27.7 Å². The molecule has 1 nitrogen and oxygen atoms in total. The molecule has 0 radical (unpaired) electrons. The first-order chi connectivity index (χ1) is 10.1. The normalized spacial score (nSPS) is 17.6. The van der Waals surface area contributed by atoms with Crippen molar-refractivity contribution in [2.75, 3.05) is 5.75 Å². The van der Waals surface area contributed by atoms with E-state index < -0.39 is 0 Å². The minimum atomic E-state index is -0.264. The van der Waals surface area contributed by atoms with Gasteiger partial charge in [0.25, 0.3) is 0 Å². The van der Waals surface area contributed by atoms with Gasteiger partial charge in [-0.1, -0.05) is 6.07 Å². The summed E-state index contributed by atoms with van der Waals surface area (Å²) in [6.07, 6.45) is 0.945. The van der Waals surface area contributed by atoms with Crippen molar-refractivity contribution in [3.05, 3.63) is 63.6 Å². The molecule has 2 aromatic rings. The van der Waals surface area contributed by atoms with E-state index in [0.29, 0.717) is 11.0 Å². The van der Waals surface area contributed by atoms with E-state index in [4.69, 9.17) is 0 Å². The summed E-state index contributed by atoms with van der Waals surface area (Å²) >= 11 is 4.90. The van der Waals surface area contributed by atoms with Crippen molar-refractivity contribution in [2.24, 2.45) is 0 Å². The lowest BCUT2D eigenvalue weighted by molar-refractivity contribution is 0.503. The van der Waals surface area contributed by atoms with E-state index >= 15 is 0 Å². The Morgan fingerprint density at radius 1 is 1.19 bits per heavy atom. The van der Waals surface area contributed by atoms with Crippen molar-refractivity contribution in [1.82, 2.24) is 5.32 Å². The zero-order chi connectivity index (χ0) is 14.8. The number of hydrogen-bond acceptors (Lipinski definition) is 2. The van der Waals surface area contributed by atoms with Crippen LogP contribution in [0.2, 0.25) is 0 Å². The maximum absolute atomic E-state index is 13.5. The Morgan fingerprint density at radius 3 is 2.86 bits per heavy atom. The van der Waals surface area contributed by atoms with Gasteiger partial charge in [-0.3, -0.25) is 0 Å². The SMILES string of the molecule is Fc1ccc2c(c1)C(NCc1ccc(Br)c(F)c1)CCS2. The maximum Gasteiger partial charge on any atom is 0.137 e. The molecule has 0 saturated heterocycles. The molecule has 1 N–H and O–H groups in total. The smallest absolute Gasteiger partial charge is 0.137 e. The fraction of sp³-hybridized carbons (Fsp3) is 0.250. The Labute approximate surface area is 135 Å². The van der Waals surface area contributed by atoms with E-state index in [0.717, 1.165) is 28.2 Å². The minimum absolute atomic E-state index is 0.114. The minimum Gasteiger partial charge on any atom is -0.306 e. The average Bonchev–Trinajstić information content (AvgIpc) is 2.48. The van der Waals surface area contributed by atoms with E-state index in [2.05, 4.69) is 21.2 Å². The van der Waals surface area contributed by atoms with Crippen molar-refractivity contribution in [1.29, 1.82) is 0 Å². The van der Waals surface area contributed by atoms with Crippen LogP contribution in [0.15, 0.2) is 45.8 Å². The highest BCUT2D eigenvalue weighted by molar-refractivity contribution is 9.10. The lowest BCUT2D eigenvalue weighted by Gasteiger charge is -2.26. The van der Waals surface area contributed by atoms with Gasteiger partial charge in [-0.05, 0) is 69.6 Å². The highest BCUT2D eigenvalue weighted by Gasteiger charge is 2.20. The summed E-state index contributed by atoms with van der Waals surface area (Å²) in [5.41, 5.74) is 1.88. The van der Waals surface area contributed by atoms with E-state index in [-0.39, 0.29) is 17.7 Å². The number of halogens is 3. The van der Waals surface area contributed by atoms with Gasteiger partial charge in [-0.25, -0.2) is 8.78 Å². The molecule has 0 fully saturated rings. The summed E-state index contributed by atoms with van der Waals surface area (Å²) in [5.74, 6) is 0.531. The number of nitrogens with one attached hydrogen (secondary N) is 1. The van der Waals surface area contributed by atoms with Crippen molar-refractivity contribution in [3.8, 4) is 0 Å². The van der Waals surface area contributed by atoms with Crippen molar-refractivity contribution < 1.29 is 8.78 Å². The van der Waals surface area contributed by atoms with Gasteiger partial charge in [-0.2, -0.15) is 0 Å². The Morgan fingerprint density at radius 2 is 2.05 bits per heavy atom. The van der Waals surface area contributed by atoms with Crippen LogP contribution in [0.25, 0.3) is 0 Å². The first kappa shape index (κ1) is 15.0. The van der Waals surface area contributed by atoms with Gasteiger partial charge in [0, 0.05) is 17.5 Å². The molecular weight excluding hydrogens is 356 g/mol. The lowest BCUT2D eigenvalue weighted by Crippen LogP contribution is -2.24. The predicted octanol–water partition coefficient (Wildman–Crippen LogP) is 5.05. The average molecular weight is 370 g/mol. The second kappa shape index (κ2) is 6.46. The van der Waals surface area contributed by atoms with Crippen LogP contribution in [0.4, 0.5) is 8.78 Å². The number of benzene rings is 2. The summed E-state index contributed by atoms with van der Waals surface area (Å²) in [7, 11) is 0. The summed E-state index contributed by atoms with van der Waals surface area (Å²) in [6, 6.07) is 10.1. The van der Waals surface area contributed by atoms with Gasteiger partial charge < -0.3 is 5.32 Å². The molecule has 3 rings (SSSR count). The highest BCUT2D eigenvalue weighted by atomic mass is 79.9. The molecule has 1 heterocycles. The monoisotopic (exact) mass is 369 g/mol.